The van der Waals surface area contributed by atoms with E-state index in [9.17, 15) is 9.59 Å². The van der Waals surface area contributed by atoms with Crippen molar-refractivity contribution >= 4 is 23.8 Å². The lowest BCUT2D eigenvalue weighted by molar-refractivity contribution is -0.137. The largest absolute Gasteiger partial charge is 0.481 e. The van der Waals surface area contributed by atoms with Gasteiger partial charge in [0, 0.05) is 36.1 Å². The van der Waals surface area contributed by atoms with Crippen LogP contribution in [0, 0.1) is 0 Å². The van der Waals surface area contributed by atoms with E-state index in [1.165, 1.54) is 0 Å². The molecule has 1 rings (SSSR count). The normalized spacial score (nSPS) is 20.5. The Bertz CT molecular complexity index is 334. The van der Waals surface area contributed by atoms with Crippen molar-refractivity contribution in [3.05, 3.63) is 0 Å². The lowest BCUT2D eigenvalue weighted by atomic mass is 10.1. The van der Waals surface area contributed by atoms with Gasteiger partial charge in [0.1, 0.15) is 0 Å². The minimum absolute atomic E-state index is 0.0730. The molecule has 0 radical (unpaired) electrons. The van der Waals surface area contributed by atoms with Crippen LogP contribution in [0.4, 0.5) is 4.79 Å². The van der Waals surface area contributed by atoms with Gasteiger partial charge < -0.3 is 15.3 Å². The van der Waals surface area contributed by atoms with Gasteiger partial charge in [0.2, 0.25) is 0 Å². The van der Waals surface area contributed by atoms with Crippen LogP contribution in [0.2, 0.25) is 0 Å². The van der Waals surface area contributed by atoms with E-state index >= 15 is 0 Å². The van der Waals surface area contributed by atoms with Gasteiger partial charge in [-0.25, -0.2) is 4.79 Å². The summed E-state index contributed by atoms with van der Waals surface area (Å²) in [5, 5.41) is 11.5. The minimum atomic E-state index is -0.825. The van der Waals surface area contributed by atoms with E-state index in [0.717, 1.165) is 25.3 Å². The predicted octanol–water partition coefficient (Wildman–Crippen LogP) is 2.17. The SMILES string of the molecule is CC(CCC(=O)O)NC(=O)N1CCSC(C)(C)CC1. The van der Waals surface area contributed by atoms with E-state index in [-0.39, 0.29) is 23.2 Å². The zero-order valence-corrected chi connectivity index (χ0v) is 12.8. The molecule has 5 nitrogen and oxygen atoms in total. The number of carbonyl (C=O) groups is 2. The van der Waals surface area contributed by atoms with Gasteiger partial charge in [-0.2, -0.15) is 11.8 Å². The summed E-state index contributed by atoms with van der Waals surface area (Å²) < 4.78 is 0.226. The molecule has 1 aliphatic heterocycles. The summed E-state index contributed by atoms with van der Waals surface area (Å²) in [7, 11) is 0. The summed E-state index contributed by atoms with van der Waals surface area (Å²) >= 11 is 1.90. The van der Waals surface area contributed by atoms with E-state index in [1.54, 1.807) is 0 Å². The van der Waals surface area contributed by atoms with Crippen LogP contribution >= 0.6 is 11.8 Å². The van der Waals surface area contributed by atoms with Crippen LogP contribution in [0.1, 0.15) is 40.0 Å². The molecule has 0 spiro atoms. The molecule has 1 unspecified atom stereocenters. The zero-order chi connectivity index (χ0) is 14.5. The lowest BCUT2D eigenvalue weighted by Gasteiger charge is -2.24. The van der Waals surface area contributed by atoms with Gasteiger partial charge in [0.25, 0.3) is 0 Å². The second-order valence-corrected chi connectivity index (χ2v) is 7.43. The van der Waals surface area contributed by atoms with Gasteiger partial charge >= 0.3 is 12.0 Å². The number of urea groups is 1. The fourth-order valence-electron chi connectivity index (χ4n) is 1.94. The van der Waals surface area contributed by atoms with Crippen LogP contribution in [0.25, 0.3) is 0 Å². The molecule has 1 aliphatic rings. The number of carboxylic acid groups (broad SMARTS) is 1. The van der Waals surface area contributed by atoms with Gasteiger partial charge in [-0.05, 0) is 19.8 Å². The van der Waals surface area contributed by atoms with Crippen molar-refractivity contribution in [3.8, 4) is 0 Å². The van der Waals surface area contributed by atoms with Crippen molar-refractivity contribution < 1.29 is 14.7 Å². The van der Waals surface area contributed by atoms with Gasteiger partial charge in [-0.3, -0.25) is 4.79 Å². The summed E-state index contributed by atoms with van der Waals surface area (Å²) in [6.45, 7) is 7.77. The Morgan fingerprint density at radius 2 is 2.11 bits per heavy atom. The Labute approximate surface area is 119 Å². The minimum Gasteiger partial charge on any atom is -0.481 e. The Kier molecular flexibility index (Phi) is 5.97. The van der Waals surface area contributed by atoms with E-state index in [2.05, 4.69) is 19.2 Å². The third-order valence-corrected chi connectivity index (χ3v) is 4.66. The van der Waals surface area contributed by atoms with Gasteiger partial charge in [-0.15, -0.1) is 0 Å². The maximum atomic E-state index is 12.1. The van der Waals surface area contributed by atoms with E-state index in [4.69, 9.17) is 5.11 Å². The topological polar surface area (TPSA) is 69.6 Å². The monoisotopic (exact) mass is 288 g/mol. The first-order valence-corrected chi connectivity index (χ1v) is 7.70. The third kappa shape index (κ3) is 6.18. The highest BCUT2D eigenvalue weighted by Crippen LogP contribution is 2.30. The molecule has 1 atom stereocenters. The van der Waals surface area contributed by atoms with Crippen molar-refractivity contribution in [2.45, 2.75) is 50.8 Å². The number of thioether (sulfide) groups is 1. The number of carbonyl (C=O) groups excluding carboxylic acids is 1. The van der Waals surface area contributed by atoms with Crippen LogP contribution in [0.3, 0.4) is 0 Å². The van der Waals surface area contributed by atoms with Crippen molar-refractivity contribution in [2.24, 2.45) is 0 Å². The molecular weight excluding hydrogens is 264 g/mol. The van der Waals surface area contributed by atoms with Crippen molar-refractivity contribution in [1.29, 1.82) is 0 Å². The molecule has 2 amide bonds. The smallest absolute Gasteiger partial charge is 0.317 e. The van der Waals surface area contributed by atoms with Crippen LogP contribution in [0.5, 0.6) is 0 Å². The standard InChI is InChI=1S/C13H24N2O3S/c1-10(4-5-11(16)17)14-12(18)15-7-6-13(2,3)19-9-8-15/h10H,4-9H2,1-3H3,(H,14,18)(H,16,17). The highest BCUT2D eigenvalue weighted by molar-refractivity contribution is 8.00. The first-order chi connectivity index (χ1) is 8.80. The van der Waals surface area contributed by atoms with Crippen molar-refractivity contribution in [2.75, 3.05) is 18.8 Å². The molecule has 0 aromatic heterocycles. The van der Waals surface area contributed by atoms with E-state index in [1.807, 2.05) is 23.6 Å². The van der Waals surface area contributed by atoms with Crippen LogP contribution < -0.4 is 5.32 Å². The Balaban J connectivity index is 2.38. The average Bonchev–Trinajstić information content (AvgIpc) is 2.47. The first-order valence-electron chi connectivity index (χ1n) is 6.71. The molecule has 19 heavy (non-hydrogen) atoms. The summed E-state index contributed by atoms with van der Waals surface area (Å²) in [6.07, 6.45) is 1.54. The summed E-state index contributed by atoms with van der Waals surface area (Å²) in [5.41, 5.74) is 0. The second-order valence-electron chi connectivity index (χ2n) is 5.63. The summed E-state index contributed by atoms with van der Waals surface area (Å²) in [5.74, 6) is 0.123. The Hall–Kier alpha value is -0.910. The Morgan fingerprint density at radius 1 is 1.42 bits per heavy atom. The number of nitrogens with one attached hydrogen (secondary N) is 1. The molecule has 6 heteroatoms. The van der Waals surface area contributed by atoms with Crippen LogP contribution in [0.15, 0.2) is 0 Å². The number of amides is 2. The third-order valence-electron chi connectivity index (χ3n) is 3.29. The predicted molar refractivity (Wildman–Crippen MR) is 77.6 cm³/mol. The van der Waals surface area contributed by atoms with Gasteiger partial charge in [0.05, 0.1) is 0 Å². The molecule has 0 aliphatic carbocycles. The molecule has 1 saturated heterocycles. The lowest BCUT2D eigenvalue weighted by Crippen LogP contribution is -2.45. The first kappa shape index (κ1) is 16.1. The molecular formula is C13H24N2O3S. The number of nitrogens with zero attached hydrogens (tertiary/aromatic N) is 1. The van der Waals surface area contributed by atoms with Gasteiger partial charge in [-0.1, -0.05) is 13.8 Å². The van der Waals surface area contributed by atoms with E-state index < -0.39 is 5.97 Å². The number of carboxylic acids is 1. The highest BCUT2D eigenvalue weighted by atomic mass is 32.2. The molecule has 1 heterocycles. The molecule has 0 saturated carbocycles. The molecule has 0 aromatic rings. The molecule has 0 aromatic carbocycles. The molecule has 2 N–H and O–H groups in total. The van der Waals surface area contributed by atoms with Crippen molar-refractivity contribution in [3.63, 3.8) is 0 Å². The quantitative estimate of drug-likeness (QED) is 0.832. The fourth-order valence-corrected chi connectivity index (χ4v) is 3.04. The summed E-state index contributed by atoms with van der Waals surface area (Å²) in [6, 6.07) is -0.177. The second kappa shape index (κ2) is 7.03. The average molecular weight is 288 g/mol. The fraction of sp³-hybridized carbons (Fsp3) is 0.846. The molecule has 0 bridgehead atoms. The maximum Gasteiger partial charge on any atom is 0.317 e. The molecule has 1 fully saturated rings. The maximum absolute atomic E-state index is 12.1. The highest BCUT2D eigenvalue weighted by Gasteiger charge is 2.26. The van der Waals surface area contributed by atoms with Crippen LogP contribution in [-0.4, -0.2) is 51.6 Å². The molecule has 110 valence electrons. The van der Waals surface area contributed by atoms with E-state index in [0.29, 0.717) is 6.42 Å². The number of aliphatic carboxylic acids is 1. The number of rotatable bonds is 4. The Morgan fingerprint density at radius 3 is 2.74 bits per heavy atom. The summed E-state index contributed by atoms with van der Waals surface area (Å²) in [4.78, 5) is 24.4. The van der Waals surface area contributed by atoms with Crippen LogP contribution in [-0.2, 0) is 4.79 Å². The zero-order valence-electron chi connectivity index (χ0n) is 11.9. The van der Waals surface area contributed by atoms with Crippen molar-refractivity contribution in [1.82, 2.24) is 10.2 Å². The number of hydrogen-bond donors (Lipinski definition) is 2. The van der Waals surface area contributed by atoms with Gasteiger partial charge in [0.15, 0.2) is 0 Å². The number of hydrogen-bond acceptors (Lipinski definition) is 3.